The van der Waals surface area contributed by atoms with Crippen molar-refractivity contribution in [2.24, 2.45) is 0 Å². The lowest BCUT2D eigenvalue weighted by Crippen LogP contribution is -2.23. The van der Waals surface area contributed by atoms with E-state index in [1.807, 2.05) is 69.3 Å². The molecular weight excluding hydrogens is 484 g/mol. The molecule has 37 heavy (non-hydrogen) atoms. The summed E-state index contributed by atoms with van der Waals surface area (Å²) in [5.74, 6) is -0.457. The standard InChI is InChI=1S/C30H30N2O4S/c1-5-14-36-26-13-12-22(23-11-8-19(3)25(16-23)30(34)35)15-24(26)17-31-28(33)27-20(4)32-29(37-27)21-9-6-18(2)7-10-21/h6-13,15-16H,5,14,17H2,1-4H3,(H,31,33)(H,34,35). The Morgan fingerprint density at radius 2 is 1.62 bits per heavy atom. The molecule has 0 atom stereocenters. The zero-order valence-electron chi connectivity index (χ0n) is 21.4. The van der Waals surface area contributed by atoms with Crippen LogP contribution in [0.4, 0.5) is 0 Å². The van der Waals surface area contributed by atoms with Gasteiger partial charge in [-0.05, 0) is 62.1 Å². The quantitative estimate of drug-likeness (QED) is 0.256. The third-order valence-electron chi connectivity index (χ3n) is 6.06. The first-order valence-corrected chi connectivity index (χ1v) is 13.0. The number of carboxylic acid groups (broad SMARTS) is 1. The number of carboxylic acids is 1. The van der Waals surface area contributed by atoms with Crippen LogP contribution in [0.3, 0.4) is 0 Å². The highest BCUT2D eigenvalue weighted by molar-refractivity contribution is 7.17. The second-order valence-corrected chi connectivity index (χ2v) is 9.99. The molecule has 4 rings (SSSR count). The second kappa shape index (κ2) is 11.4. The summed E-state index contributed by atoms with van der Waals surface area (Å²) >= 11 is 1.38. The van der Waals surface area contributed by atoms with Gasteiger partial charge in [-0.2, -0.15) is 0 Å². The van der Waals surface area contributed by atoms with Crippen LogP contribution in [0.2, 0.25) is 0 Å². The van der Waals surface area contributed by atoms with E-state index in [4.69, 9.17) is 4.74 Å². The van der Waals surface area contributed by atoms with Gasteiger partial charge in [-0.25, -0.2) is 9.78 Å². The van der Waals surface area contributed by atoms with E-state index in [-0.39, 0.29) is 18.0 Å². The van der Waals surface area contributed by atoms with E-state index < -0.39 is 5.97 Å². The second-order valence-electron chi connectivity index (χ2n) is 8.99. The number of nitrogens with one attached hydrogen (secondary N) is 1. The summed E-state index contributed by atoms with van der Waals surface area (Å²) in [7, 11) is 0. The van der Waals surface area contributed by atoms with E-state index in [2.05, 4.69) is 10.3 Å². The summed E-state index contributed by atoms with van der Waals surface area (Å²) in [6.45, 7) is 8.52. The Bertz CT molecular complexity index is 1440. The Morgan fingerprint density at radius 1 is 0.946 bits per heavy atom. The zero-order chi connectivity index (χ0) is 26.5. The van der Waals surface area contributed by atoms with Crippen LogP contribution in [0.25, 0.3) is 21.7 Å². The molecule has 6 nitrogen and oxygen atoms in total. The molecule has 0 radical (unpaired) electrons. The monoisotopic (exact) mass is 514 g/mol. The van der Waals surface area contributed by atoms with Crippen molar-refractivity contribution in [1.29, 1.82) is 0 Å². The van der Waals surface area contributed by atoms with E-state index in [1.165, 1.54) is 16.9 Å². The first-order chi connectivity index (χ1) is 17.8. The zero-order valence-corrected chi connectivity index (χ0v) is 22.2. The Morgan fingerprint density at radius 3 is 2.32 bits per heavy atom. The van der Waals surface area contributed by atoms with Crippen molar-refractivity contribution < 1.29 is 19.4 Å². The van der Waals surface area contributed by atoms with Crippen molar-refractivity contribution in [2.45, 2.75) is 40.7 Å². The molecule has 2 N–H and O–H groups in total. The topological polar surface area (TPSA) is 88.5 Å². The van der Waals surface area contributed by atoms with Gasteiger partial charge in [-0.15, -0.1) is 11.3 Å². The number of carbonyl (C=O) groups is 2. The molecule has 0 saturated carbocycles. The molecule has 4 aromatic rings. The van der Waals surface area contributed by atoms with Gasteiger partial charge in [0.05, 0.1) is 17.9 Å². The molecule has 0 fully saturated rings. The number of nitrogens with zero attached hydrogens (tertiary/aromatic N) is 1. The third-order valence-corrected chi connectivity index (χ3v) is 7.27. The van der Waals surface area contributed by atoms with Gasteiger partial charge in [-0.1, -0.05) is 55.0 Å². The Balaban J connectivity index is 1.58. The molecule has 1 aromatic heterocycles. The molecule has 3 aromatic carbocycles. The number of aryl methyl sites for hydroxylation is 3. The van der Waals surface area contributed by atoms with E-state index >= 15 is 0 Å². The Labute approximate surface area is 221 Å². The minimum atomic E-state index is -0.959. The van der Waals surface area contributed by atoms with Crippen LogP contribution in [-0.4, -0.2) is 28.6 Å². The summed E-state index contributed by atoms with van der Waals surface area (Å²) in [6.07, 6.45) is 0.856. The van der Waals surface area contributed by atoms with Crippen LogP contribution in [0, 0.1) is 20.8 Å². The van der Waals surface area contributed by atoms with Gasteiger partial charge in [0.15, 0.2) is 0 Å². The van der Waals surface area contributed by atoms with E-state index in [0.717, 1.165) is 33.7 Å². The van der Waals surface area contributed by atoms with E-state index in [1.54, 1.807) is 19.1 Å². The van der Waals surface area contributed by atoms with Gasteiger partial charge in [0.1, 0.15) is 15.6 Å². The third kappa shape index (κ3) is 6.06. The molecule has 1 amide bonds. The molecule has 7 heteroatoms. The Hall–Kier alpha value is -3.97. The van der Waals surface area contributed by atoms with Gasteiger partial charge in [-0.3, -0.25) is 4.79 Å². The Kier molecular flexibility index (Phi) is 8.04. The summed E-state index contributed by atoms with van der Waals surface area (Å²) in [5.41, 5.74) is 6.28. The van der Waals surface area contributed by atoms with Crippen LogP contribution < -0.4 is 10.1 Å². The average molecular weight is 515 g/mol. The minimum Gasteiger partial charge on any atom is -0.493 e. The number of hydrogen-bond acceptors (Lipinski definition) is 5. The van der Waals surface area contributed by atoms with Gasteiger partial charge in [0.25, 0.3) is 5.91 Å². The predicted octanol–water partition coefficient (Wildman–Crippen LogP) is 6.82. The summed E-state index contributed by atoms with van der Waals surface area (Å²) in [4.78, 5) is 29.9. The molecule has 0 aliphatic carbocycles. The van der Waals surface area contributed by atoms with Gasteiger partial charge in [0, 0.05) is 17.7 Å². The number of thiazole rings is 1. The number of amides is 1. The molecule has 190 valence electrons. The van der Waals surface area contributed by atoms with Crippen LogP contribution in [0.1, 0.15) is 55.8 Å². The van der Waals surface area contributed by atoms with Crippen molar-refractivity contribution in [3.8, 4) is 27.4 Å². The van der Waals surface area contributed by atoms with Gasteiger partial charge >= 0.3 is 5.97 Å². The summed E-state index contributed by atoms with van der Waals surface area (Å²) in [5, 5.41) is 13.4. The molecule has 1 heterocycles. The van der Waals surface area contributed by atoms with E-state index in [0.29, 0.717) is 28.5 Å². The normalized spacial score (nSPS) is 10.8. The molecule has 0 aliphatic rings. The smallest absolute Gasteiger partial charge is 0.335 e. The first-order valence-electron chi connectivity index (χ1n) is 12.2. The molecule has 0 unspecified atom stereocenters. The highest BCUT2D eigenvalue weighted by Crippen LogP contribution is 2.30. The van der Waals surface area contributed by atoms with Crippen LogP contribution >= 0.6 is 11.3 Å². The largest absolute Gasteiger partial charge is 0.493 e. The number of benzene rings is 3. The predicted molar refractivity (Wildman–Crippen MR) is 148 cm³/mol. The highest BCUT2D eigenvalue weighted by Gasteiger charge is 2.17. The minimum absolute atomic E-state index is 0.191. The number of aromatic carboxylic acids is 1. The average Bonchev–Trinajstić information content (AvgIpc) is 3.28. The highest BCUT2D eigenvalue weighted by atomic mass is 32.1. The number of ether oxygens (including phenoxy) is 1. The summed E-state index contributed by atoms with van der Waals surface area (Å²) < 4.78 is 5.94. The number of carbonyl (C=O) groups excluding carboxylic acids is 1. The van der Waals surface area contributed by atoms with E-state index in [9.17, 15) is 14.7 Å². The maximum Gasteiger partial charge on any atom is 0.335 e. The molecule has 0 aliphatic heterocycles. The van der Waals surface area contributed by atoms with Crippen molar-refractivity contribution in [2.75, 3.05) is 6.61 Å². The molecular formula is C30H30N2O4S. The maximum absolute atomic E-state index is 13.1. The van der Waals surface area contributed by atoms with Crippen molar-refractivity contribution in [3.05, 3.63) is 93.5 Å². The van der Waals surface area contributed by atoms with Gasteiger partial charge < -0.3 is 15.2 Å². The van der Waals surface area contributed by atoms with Crippen molar-refractivity contribution in [3.63, 3.8) is 0 Å². The fourth-order valence-electron chi connectivity index (χ4n) is 3.96. The SMILES string of the molecule is CCCOc1ccc(-c2ccc(C)c(C(=O)O)c2)cc1CNC(=O)c1sc(-c2ccc(C)cc2)nc1C. The fraction of sp³-hybridized carbons (Fsp3) is 0.233. The number of hydrogen-bond donors (Lipinski definition) is 2. The lowest BCUT2D eigenvalue weighted by Gasteiger charge is -2.14. The van der Waals surface area contributed by atoms with Crippen LogP contribution in [0.15, 0.2) is 60.7 Å². The van der Waals surface area contributed by atoms with Crippen molar-refractivity contribution in [1.82, 2.24) is 10.3 Å². The van der Waals surface area contributed by atoms with Crippen LogP contribution in [-0.2, 0) is 6.54 Å². The lowest BCUT2D eigenvalue weighted by molar-refractivity contribution is 0.0696. The summed E-state index contributed by atoms with van der Waals surface area (Å²) in [6, 6.07) is 19.2. The fourth-order valence-corrected chi connectivity index (χ4v) is 4.95. The number of aromatic nitrogens is 1. The molecule has 0 saturated heterocycles. The van der Waals surface area contributed by atoms with Crippen molar-refractivity contribution >= 4 is 23.2 Å². The lowest BCUT2D eigenvalue weighted by atomic mass is 9.98. The molecule has 0 spiro atoms. The maximum atomic E-state index is 13.1. The molecule has 0 bridgehead atoms. The number of rotatable bonds is 9. The van der Waals surface area contributed by atoms with Crippen LogP contribution in [0.5, 0.6) is 5.75 Å². The first kappa shape index (κ1) is 26.1. The van der Waals surface area contributed by atoms with Gasteiger partial charge in [0.2, 0.25) is 0 Å².